The molecule has 8 nitrogen and oxygen atoms in total. The number of ether oxygens (including phenoxy) is 1. The second kappa shape index (κ2) is 11.1. The zero-order valence-electron chi connectivity index (χ0n) is 18.6. The number of anilines is 1. The first kappa shape index (κ1) is 25.2. The van der Waals surface area contributed by atoms with E-state index in [1.165, 1.54) is 29.2 Å². The molecule has 0 aliphatic carbocycles. The quantitative estimate of drug-likeness (QED) is 0.558. The normalized spacial score (nSPS) is 15.9. The highest BCUT2D eigenvalue weighted by molar-refractivity contribution is 7.89. The summed E-state index contributed by atoms with van der Waals surface area (Å²) in [6.07, 6.45) is 1.82. The minimum Gasteiger partial charge on any atom is -0.376 e. The fraction of sp³-hybridized carbons (Fsp3) is 0.391. The van der Waals surface area contributed by atoms with E-state index in [2.05, 4.69) is 10.0 Å². The summed E-state index contributed by atoms with van der Waals surface area (Å²) in [5, 5.41) is 3.21. The molecular formula is C23H28ClN3O5S. The van der Waals surface area contributed by atoms with E-state index in [0.29, 0.717) is 23.9 Å². The van der Waals surface area contributed by atoms with E-state index >= 15 is 0 Å². The van der Waals surface area contributed by atoms with E-state index in [1.807, 2.05) is 26.0 Å². The van der Waals surface area contributed by atoms with E-state index < -0.39 is 22.5 Å². The smallest absolute Gasteiger partial charge is 0.242 e. The van der Waals surface area contributed by atoms with E-state index in [4.69, 9.17) is 16.3 Å². The van der Waals surface area contributed by atoms with Crippen LogP contribution >= 0.6 is 11.6 Å². The van der Waals surface area contributed by atoms with Gasteiger partial charge in [0.25, 0.3) is 0 Å². The molecule has 1 aliphatic rings. The summed E-state index contributed by atoms with van der Waals surface area (Å²) in [4.78, 5) is 27.0. The molecule has 0 bridgehead atoms. The first-order valence-corrected chi connectivity index (χ1v) is 12.5. The van der Waals surface area contributed by atoms with Gasteiger partial charge in [-0.05, 0) is 68.1 Å². The van der Waals surface area contributed by atoms with Crippen molar-refractivity contribution in [3.63, 3.8) is 0 Å². The van der Waals surface area contributed by atoms with Crippen LogP contribution in [0.4, 0.5) is 5.69 Å². The van der Waals surface area contributed by atoms with Crippen molar-refractivity contribution in [2.75, 3.05) is 31.1 Å². The number of carbonyl (C=O) groups is 2. The molecule has 0 saturated carbocycles. The Balaban J connectivity index is 1.73. The second-order valence-electron chi connectivity index (χ2n) is 7.99. The third-order valence-electron chi connectivity index (χ3n) is 5.35. The number of nitrogens with zero attached hydrogens (tertiary/aromatic N) is 1. The van der Waals surface area contributed by atoms with Gasteiger partial charge in [0.1, 0.15) is 6.54 Å². The monoisotopic (exact) mass is 493 g/mol. The highest BCUT2D eigenvalue weighted by Gasteiger charge is 2.24. The molecule has 2 aromatic rings. The van der Waals surface area contributed by atoms with Crippen molar-refractivity contribution in [2.24, 2.45) is 0 Å². The van der Waals surface area contributed by atoms with Crippen LogP contribution < -0.4 is 14.9 Å². The molecule has 0 radical (unpaired) electrons. The van der Waals surface area contributed by atoms with Gasteiger partial charge in [0.2, 0.25) is 21.8 Å². The van der Waals surface area contributed by atoms with Crippen molar-refractivity contribution in [3.8, 4) is 0 Å². The molecule has 1 heterocycles. The number of carbonyl (C=O) groups excluding carboxylic acids is 2. The summed E-state index contributed by atoms with van der Waals surface area (Å²) in [6.45, 7) is 4.03. The summed E-state index contributed by atoms with van der Waals surface area (Å²) in [6, 6.07) is 11.2. The minimum atomic E-state index is -3.93. The Morgan fingerprint density at radius 1 is 1.15 bits per heavy atom. The number of aryl methyl sites for hydroxylation is 2. The Bertz CT molecular complexity index is 1100. The van der Waals surface area contributed by atoms with Gasteiger partial charge in [-0.3, -0.25) is 9.59 Å². The largest absolute Gasteiger partial charge is 0.376 e. The number of hydrogen-bond acceptors (Lipinski definition) is 5. The number of halogens is 1. The van der Waals surface area contributed by atoms with E-state index in [0.717, 1.165) is 24.0 Å². The van der Waals surface area contributed by atoms with Gasteiger partial charge >= 0.3 is 0 Å². The molecule has 2 aromatic carbocycles. The highest BCUT2D eigenvalue weighted by Crippen LogP contribution is 2.22. The maximum Gasteiger partial charge on any atom is 0.242 e. The van der Waals surface area contributed by atoms with Crippen LogP contribution in [-0.2, 0) is 24.3 Å². The molecule has 1 saturated heterocycles. The van der Waals surface area contributed by atoms with Crippen LogP contribution in [0.25, 0.3) is 0 Å². The topological polar surface area (TPSA) is 105 Å². The van der Waals surface area contributed by atoms with Crippen LogP contribution in [0.5, 0.6) is 0 Å². The first-order chi connectivity index (χ1) is 15.7. The maximum absolute atomic E-state index is 13.1. The summed E-state index contributed by atoms with van der Waals surface area (Å²) in [5.74, 6) is -0.895. The average Bonchev–Trinajstić information content (AvgIpc) is 3.30. The second-order valence-corrected chi connectivity index (χ2v) is 10.2. The molecule has 178 valence electrons. The Labute approximate surface area is 199 Å². The predicted octanol–water partition coefficient (Wildman–Crippen LogP) is 2.56. The standard InChI is InChI=1S/C23H28ClN3O5S/c1-16-5-6-17(2)21(12-16)27(15-22(28)25-13-19-4-3-11-32-19)23(29)14-26-33(30,31)20-9-7-18(24)8-10-20/h5-10,12,19,26H,3-4,11,13-15H2,1-2H3,(H,25,28). The molecule has 3 rings (SSSR count). The zero-order chi connectivity index (χ0) is 24.0. The molecule has 1 fully saturated rings. The molecule has 2 amide bonds. The molecule has 33 heavy (non-hydrogen) atoms. The zero-order valence-corrected chi connectivity index (χ0v) is 20.2. The fourth-order valence-electron chi connectivity index (χ4n) is 3.50. The Morgan fingerprint density at radius 2 is 1.88 bits per heavy atom. The Morgan fingerprint density at radius 3 is 2.55 bits per heavy atom. The van der Waals surface area contributed by atoms with Crippen molar-refractivity contribution in [1.82, 2.24) is 10.0 Å². The van der Waals surface area contributed by atoms with Crippen molar-refractivity contribution in [3.05, 3.63) is 58.6 Å². The fourth-order valence-corrected chi connectivity index (χ4v) is 4.60. The van der Waals surface area contributed by atoms with Gasteiger partial charge in [-0.2, -0.15) is 0 Å². The molecule has 0 spiro atoms. The number of nitrogens with one attached hydrogen (secondary N) is 2. The van der Waals surface area contributed by atoms with Gasteiger partial charge in [0, 0.05) is 23.9 Å². The Kier molecular flexibility index (Phi) is 8.47. The molecule has 1 atom stereocenters. The van der Waals surface area contributed by atoms with E-state index in [-0.39, 0.29) is 23.5 Å². The van der Waals surface area contributed by atoms with E-state index in [1.54, 1.807) is 6.07 Å². The third-order valence-corrected chi connectivity index (χ3v) is 7.02. The van der Waals surface area contributed by atoms with Gasteiger partial charge in [0.05, 0.1) is 17.5 Å². The van der Waals surface area contributed by atoms with Crippen LogP contribution in [0.2, 0.25) is 5.02 Å². The number of amides is 2. The van der Waals surface area contributed by atoms with Crippen LogP contribution in [-0.4, -0.2) is 52.6 Å². The maximum atomic E-state index is 13.1. The number of rotatable bonds is 9. The van der Waals surface area contributed by atoms with Crippen LogP contribution in [0, 0.1) is 13.8 Å². The van der Waals surface area contributed by atoms with Gasteiger partial charge in [-0.25, -0.2) is 13.1 Å². The molecule has 2 N–H and O–H groups in total. The third kappa shape index (κ3) is 7.01. The lowest BCUT2D eigenvalue weighted by atomic mass is 10.1. The molecule has 10 heteroatoms. The lowest BCUT2D eigenvalue weighted by Crippen LogP contribution is -2.46. The van der Waals surface area contributed by atoms with Crippen LogP contribution in [0.1, 0.15) is 24.0 Å². The first-order valence-electron chi connectivity index (χ1n) is 10.7. The summed E-state index contributed by atoms with van der Waals surface area (Å²) in [5.41, 5.74) is 2.26. The van der Waals surface area contributed by atoms with Gasteiger partial charge < -0.3 is 15.0 Å². The van der Waals surface area contributed by atoms with Crippen molar-refractivity contribution in [1.29, 1.82) is 0 Å². The number of benzene rings is 2. The SMILES string of the molecule is Cc1ccc(C)c(N(CC(=O)NCC2CCCO2)C(=O)CNS(=O)(=O)c2ccc(Cl)cc2)c1. The number of hydrogen-bond donors (Lipinski definition) is 2. The highest BCUT2D eigenvalue weighted by atomic mass is 35.5. The number of sulfonamides is 1. The lowest BCUT2D eigenvalue weighted by Gasteiger charge is -2.25. The van der Waals surface area contributed by atoms with Crippen molar-refractivity contribution < 1.29 is 22.7 Å². The average molecular weight is 494 g/mol. The lowest BCUT2D eigenvalue weighted by molar-refractivity contribution is -0.123. The van der Waals surface area contributed by atoms with Crippen LogP contribution in [0.15, 0.2) is 47.4 Å². The van der Waals surface area contributed by atoms with Crippen LogP contribution in [0.3, 0.4) is 0 Å². The predicted molar refractivity (Wildman–Crippen MR) is 127 cm³/mol. The van der Waals surface area contributed by atoms with Gasteiger partial charge in [-0.15, -0.1) is 0 Å². The molecule has 0 aromatic heterocycles. The molecule has 1 aliphatic heterocycles. The Hall–Kier alpha value is -2.46. The summed E-state index contributed by atoms with van der Waals surface area (Å²) < 4.78 is 33.0. The van der Waals surface area contributed by atoms with Gasteiger partial charge in [-0.1, -0.05) is 23.7 Å². The van der Waals surface area contributed by atoms with Crippen molar-refractivity contribution >= 4 is 39.1 Å². The molecule has 1 unspecified atom stereocenters. The minimum absolute atomic E-state index is 0.00714. The van der Waals surface area contributed by atoms with E-state index in [9.17, 15) is 18.0 Å². The van der Waals surface area contributed by atoms with Gasteiger partial charge in [0.15, 0.2) is 0 Å². The summed E-state index contributed by atoms with van der Waals surface area (Å²) in [7, 11) is -3.93. The molecular weight excluding hydrogens is 466 g/mol. The summed E-state index contributed by atoms with van der Waals surface area (Å²) >= 11 is 5.82. The van der Waals surface area contributed by atoms with Crippen molar-refractivity contribution in [2.45, 2.75) is 37.7 Å².